The molecule has 0 aliphatic carbocycles. The lowest BCUT2D eigenvalue weighted by Gasteiger charge is -2.25. The Labute approximate surface area is 114 Å². The lowest BCUT2D eigenvalue weighted by atomic mass is 10.2. The van der Waals surface area contributed by atoms with Crippen molar-refractivity contribution in [3.05, 3.63) is 36.0 Å². The van der Waals surface area contributed by atoms with Crippen molar-refractivity contribution >= 4 is 5.91 Å². The van der Waals surface area contributed by atoms with Crippen LogP contribution in [0.4, 0.5) is 4.39 Å². The zero-order valence-electron chi connectivity index (χ0n) is 10.6. The first-order valence-corrected chi connectivity index (χ1v) is 6.20. The fourth-order valence-corrected chi connectivity index (χ4v) is 1.95. The van der Waals surface area contributed by atoms with E-state index in [1.54, 1.807) is 17.0 Å². The van der Waals surface area contributed by atoms with Gasteiger partial charge in [-0.25, -0.2) is 4.39 Å². The highest BCUT2D eigenvalue weighted by Crippen LogP contribution is 2.19. The van der Waals surface area contributed by atoms with E-state index in [2.05, 4.69) is 10.2 Å². The molecule has 2 aromatic rings. The average molecular weight is 277 g/mol. The van der Waals surface area contributed by atoms with Gasteiger partial charge in [0.25, 0.3) is 0 Å². The third-order valence-electron chi connectivity index (χ3n) is 2.98. The quantitative estimate of drug-likeness (QED) is 0.828. The van der Waals surface area contributed by atoms with Crippen molar-refractivity contribution in [2.45, 2.75) is 0 Å². The Morgan fingerprint density at radius 2 is 2.05 bits per heavy atom. The van der Waals surface area contributed by atoms with E-state index in [0.717, 1.165) is 0 Å². The first-order chi connectivity index (χ1) is 9.74. The zero-order valence-corrected chi connectivity index (χ0v) is 10.6. The Morgan fingerprint density at radius 1 is 1.25 bits per heavy atom. The number of benzene rings is 1. The molecule has 7 heteroatoms. The van der Waals surface area contributed by atoms with Gasteiger partial charge in [-0.1, -0.05) is 6.07 Å². The number of halogens is 1. The highest BCUT2D eigenvalue weighted by atomic mass is 19.1. The summed E-state index contributed by atoms with van der Waals surface area (Å²) in [6, 6.07) is 5.77. The van der Waals surface area contributed by atoms with Crippen LogP contribution < -0.4 is 0 Å². The van der Waals surface area contributed by atoms with Crippen molar-refractivity contribution in [3.8, 4) is 11.5 Å². The van der Waals surface area contributed by atoms with Crippen LogP contribution >= 0.6 is 0 Å². The smallest absolute Gasteiger partial charge is 0.311 e. The number of aromatic nitrogens is 2. The molecule has 3 rings (SSSR count). The first kappa shape index (κ1) is 12.7. The van der Waals surface area contributed by atoms with Crippen LogP contribution in [-0.4, -0.2) is 47.3 Å². The fourth-order valence-electron chi connectivity index (χ4n) is 1.95. The molecule has 6 nitrogen and oxygen atoms in total. The normalized spacial score (nSPS) is 15.3. The second-order valence-corrected chi connectivity index (χ2v) is 4.33. The number of carbonyl (C=O) groups is 1. The van der Waals surface area contributed by atoms with E-state index in [1.807, 2.05) is 0 Å². The van der Waals surface area contributed by atoms with E-state index < -0.39 is 5.82 Å². The maximum atomic E-state index is 13.1. The van der Waals surface area contributed by atoms with Gasteiger partial charge in [0.05, 0.1) is 13.2 Å². The van der Waals surface area contributed by atoms with Crippen molar-refractivity contribution in [1.29, 1.82) is 0 Å². The van der Waals surface area contributed by atoms with E-state index in [4.69, 9.17) is 9.15 Å². The summed E-state index contributed by atoms with van der Waals surface area (Å²) in [6.45, 7) is 1.99. The monoisotopic (exact) mass is 277 g/mol. The number of morpholine rings is 1. The SMILES string of the molecule is O=C(c1nnc(-c2cccc(F)c2)o1)N1CCOCC1. The zero-order chi connectivity index (χ0) is 13.9. The topological polar surface area (TPSA) is 68.5 Å². The van der Waals surface area contributed by atoms with Crippen molar-refractivity contribution < 1.29 is 18.3 Å². The Hall–Kier alpha value is -2.28. The highest BCUT2D eigenvalue weighted by Gasteiger charge is 2.24. The van der Waals surface area contributed by atoms with E-state index >= 15 is 0 Å². The number of rotatable bonds is 2. The Kier molecular flexibility index (Phi) is 3.42. The number of hydrogen-bond acceptors (Lipinski definition) is 5. The highest BCUT2D eigenvalue weighted by molar-refractivity contribution is 5.89. The predicted molar refractivity (Wildman–Crippen MR) is 66.4 cm³/mol. The van der Waals surface area contributed by atoms with E-state index in [9.17, 15) is 9.18 Å². The van der Waals surface area contributed by atoms with E-state index in [1.165, 1.54) is 12.1 Å². The molecule has 2 heterocycles. The second kappa shape index (κ2) is 5.38. The Bertz CT molecular complexity index is 623. The van der Waals surface area contributed by atoms with Crippen molar-refractivity contribution in [3.63, 3.8) is 0 Å². The van der Waals surface area contributed by atoms with E-state index in [0.29, 0.717) is 31.9 Å². The summed E-state index contributed by atoms with van der Waals surface area (Å²) in [5.41, 5.74) is 0.443. The minimum Gasteiger partial charge on any atom is -0.412 e. The Balaban J connectivity index is 1.81. The first-order valence-electron chi connectivity index (χ1n) is 6.20. The molecule has 1 fully saturated rings. The van der Waals surface area contributed by atoms with Crippen LogP contribution in [0.3, 0.4) is 0 Å². The van der Waals surface area contributed by atoms with Crippen LogP contribution in [-0.2, 0) is 4.74 Å². The molecule has 0 spiro atoms. The van der Waals surface area contributed by atoms with Gasteiger partial charge in [0.2, 0.25) is 5.89 Å². The lowest BCUT2D eigenvalue weighted by molar-refractivity contribution is 0.0278. The number of carbonyl (C=O) groups excluding carboxylic acids is 1. The molecule has 0 bridgehead atoms. The summed E-state index contributed by atoms with van der Waals surface area (Å²) in [7, 11) is 0. The minimum atomic E-state index is -0.401. The number of nitrogens with zero attached hydrogens (tertiary/aromatic N) is 3. The maximum Gasteiger partial charge on any atom is 0.311 e. The molecule has 1 aliphatic heterocycles. The summed E-state index contributed by atoms with van der Waals surface area (Å²) in [5.74, 6) is -0.697. The molecular formula is C13H12FN3O3. The third kappa shape index (κ3) is 2.53. The largest absolute Gasteiger partial charge is 0.412 e. The van der Waals surface area contributed by atoms with Gasteiger partial charge in [-0.2, -0.15) is 0 Å². The van der Waals surface area contributed by atoms with Crippen molar-refractivity contribution in [2.24, 2.45) is 0 Å². The van der Waals surface area contributed by atoms with Gasteiger partial charge in [-0.05, 0) is 18.2 Å². The van der Waals surface area contributed by atoms with Crippen LogP contribution in [0.15, 0.2) is 28.7 Å². The molecule has 1 aliphatic rings. The molecule has 1 aromatic heterocycles. The molecule has 1 saturated heterocycles. The standard InChI is InChI=1S/C13H12FN3O3/c14-10-3-1-2-9(8-10)11-15-16-12(20-11)13(18)17-4-6-19-7-5-17/h1-3,8H,4-7H2. The molecule has 20 heavy (non-hydrogen) atoms. The molecule has 1 amide bonds. The van der Waals surface area contributed by atoms with E-state index in [-0.39, 0.29) is 17.7 Å². The number of amides is 1. The molecular weight excluding hydrogens is 265 g/mol. The van der Waals surface area contributed by atoms with Gasteiger partial charge in [-0.3, -0.25) is 4.79 Å². The molecule has 1 aromatic carbocycles. The molecule has 0 unspecified atom stereocenters. The van der Waals surface area contributed by atoms with Gasteiger partial charge in [0.15, 0.2) is 0 Å². The number of ether oxygens (including phenoxy) is 1. The predicted octanol–water partition coefficient (Wildman–Crippen LogP) is 1.35. The maximum absolute atomic E-state index is 13.1. The molecule has 0 N–H and O–H groups in total. The summed E-state index contributed by atoms with van der Waals surface area (Å²) in [6.07, 6.45) is 0. The van der Waals surface area contributed by atoms with Crippen LogP contribution in [0.2, 0.25) is 0 Å². The molecule has 0 radical (unpaired) electrons. The average Bonchev–Trinajstić information content (AvgIpc) is 2.97. The molecule has 0 saturated carbocycles. The summed E-state index contributed by atoms with van der Waals surface area (Å²) < 4.78 is 23.6. The van der Waals surface area contributed by atoms with Gasteiger partial charge >= 0.3 is 11.8 Å². The summed E-state index contributed by atoms with van der Waals surface area (Å²) >= 11 is 0. The van der Waals surface area contributed by atoms with Gasteiger partial charge < -0.3 is 14.1 Å². The van der Waals surface area contributed by atoms with Gasteiger partial charge in [0, 0.05) is 18.7 Å². The number of hydrogen-bond donors (Lipinski definition) is 0. The third-order valence-corrected chi connectivity index (χ3v) is 2.98. The molecule has 104 valence electrons. The van der Waals surface area contributed by atoms with Crippen molar-refractivity contribution in [2.75, 3.05) is 26.3 Å². The van der Waals surface area contributed by atoms with Crippen LogP contribution in [0.1, 0.15) is 10.7 Å². The van der Waals surface area contributed by atoms with Crippen molar-refractivity contribution in [1.82, 2.24) is 15.1 Å². The second-order valence-electron chi connectivity index (χ2n) is 4.33. The summed E-state index contributed by atoms with van der Waals surface area (Å²) in [4.78, 5) is 13.7. The lowest BCUT2D eigenvalue weighted by Crippen LogP contribution is -2.40. The fraction of sp³-hybridized carbons (Fsp3) is 0.308. The molecule has 0 atom stereocenters. The minimum absolute atomic E-state index is 0.0915. The summed E-state index contributed by atoms with van der Waals surface area (Å²) in [5, 5.41) is 7.51. The van der Waals surface area contributed by atoms with Gasteiger partial charge in [-0.15, -0.1) is 10.2 Å². The Morgan fingerprint density at radius 3 is 2.80 bits per heavy atom. The van der Waals surface area contributed by atoms with Crippen LogP contribution in [0.5, 0.6) is 0 Å². The van der Waals surface area contributed by atoms with Gasteiger partial charge in [0.1, 0.15) is 5.82 Å². The van der Waals surface area contributed by atoms with Crippen LogP contribution in [0.25, 0.3) is 11.5 Å². The van der Waals surface area contributed by atoms with Crippen LogP contribution in [0, 0.1) is 5.82 Å².